The van der Waals surface area contributed by atoms with E-state index >= 15 is 0 Å². The van der Waals surface area contributed by atoms with Crippen molar-refractivity contribution >= 4 is 28.5 Å². The van der Waals surface area contributed by atoms with Crippen LogP contribution in [0.25, 0.3) is 22.7 Å². The van der Waals surface area contributed by atoms with Crippen molar-refractivity contribution in [3.63, 3.8) is 0 Å². The smallest absolute Gasteiger partial charge is 0.183 e. The van der Waals surface area contributed by atoms with E-state index in [1.807, 2.05) is 12.3 Å². The first kappa shape index (κ1) is 22.5. The van der Waals surface area contributed by atoms with Crippen LogP contribution in [-0.2, 0) is 4.74 Å². The van der Waals surface area contributed by atoms with Crippen LogP contribution in [0.15, 0.2) is 24.7 Å². The Morgan fingerprint density at radius 3 is 2.70 bits per heavy atom. The minimum atomic E-state index is 0.0781. The van der Waals surface area contributed by atoms with Crippen molar-refractivity contribution in [3.8, 4) is 11.5 Å². The van der Waals surface area contributed by atoms with E-state index in [1.54, 1.807) is 0 Å². The topological polar surface area (TPSA) is 151 Å². The third-order valence-electron chi connectivity index (χ3n) is 8.53. The molecule has 0 unspecified atom stereocenters. The maximum Gasteiger partial charge on any atom is 0.183 e. The van der Waals surface area contributed by atoms with Crippen molar-refractivity contribution in [2.24, 2.45) is 11.1 Å². The van der Waals surface area contributed by atoms with Crippen molar-refractivity contribution in [1.29, 1.82) is 0 Å². The van der Waals surface area contributed by atoms with E-state index in [2.05, 4.69) is 55.1 Å². The summed E-state index contributed by atoms with van der Waals surface area (Å²) in [5.41, 5.74) is 10.9. The number of pyridine rings is 1. The van der Waals surface area contributed by atoms with Crippen molar-refractivity contribution in [3.05, 3.63) is 30.4 Å². The molecule has 1 spiro atoms. The Morgan fingerprint density at radius 1 is 1.08 bits per heavy atom. The zero-order valence-electron chi connectivity index (χ0n) is 21.1. The molecule has 3 aliphatic heterocycles. The predicted octanol–water partition coefficient (Wildman–Crippen LogP) is 2.51. The van der Waals surface area contributed by atoms with Crippen LogP contribution >= 0.6 is 0 Å². The predicted molar refractivity (Wildman–Crippen MR) is 139 cm³/mol. The number of aromatic amines is 2. The van der Waals surface area contributed by atoms with E-state index in [4.69, 9.17) is 25.4 Å². The second-order valence-corrected chi connectivity index (χ2v) is 10.6. The van der Waals surface area contributed by atoms with Crippen LogP contribution in [0.1, 0.15) is 44.7 Å². The molecule has 0 amide bonds. The van der Waals surface area contributed by atoms with Gasteiger partial charge in [-0.15, -0.1) is 0 Å². The lowest BCUT2D eigenvalue weighted by molar-refractivity contribution is 0.0974. The molecule has 192 valence electrons. The number of nitrogens with one attached hydrogen (secondary N) is 2. The molecule has 12 heteroatoms. The molecule has 0 aromatic carbocycles. The minimum Gasteiger partial charge on any atom is -0.376 e. The highest BCUT2D eigenvalue weighted by Crippen LogP contribution is 2.43. The molecule has 7 heterocycles. The van der Waals surface area contributed by atoms with Gasteiger partial charge in [-0.25, -0.2) is 19.9 Å². The van der Waals surface area contributed by atoms with E-state index in [0.29, 0.717) is 17.4 Å². The second kappa shape index (κ2) is 8.45. The van der Waals surface area contributed by atoms with Gasteiger partial charge in [-0.2, -0.15) is 10.2 Å². The number of nitrogens with two attached hydrogens (primary N) is 1. The van der Waals surface area contributed by atoms with Gasteiger partial charge in [-0.3, -0.25) is 10.2 Å². The Hall–Kier alpha value is -3.64. The van der Waals surface area contributed by atoms with Gasteiger partial charge in [0.05, 0.1) is 30.3 Å². The number of anilines is 3. The lowest BCUT2D eigenvalue weighted by Gasteiger charge is -2.41. The second-order valence-electron chi connectivity index (χ2n) is 10.6. The summed E-state index contributed by atoms with van der Waals surface area (Å²) in [6.45, 7) is 7.64. The molecule has 4 N–H and O–H groups in total. The average molecular weight is 502 g/mol. The number of hydrogen-bond donors (Lipinski definition) is 3. The van der Waals surface area contributed by atoms with E-state index in [0.717, 1.165) is 79.7 Å². The van der Waals surface area contributed by atoms with Crippen LogP contribution in [-0.4, -0.2) is 78.7 Å². The fourth-order valence-corrected chi connectivity index (χ4v) is 6.09. The molecule has 4 aromatic rings. The highest BCUT2D eigenvalue weighted by atomic mass is 16.5. The summed E-state index contributed by atoms with van der Waals surface area (Å²) >= 11 is 0. The first-order valence-electron chi connectivity index (χ1n) is 13.0. The monoisotopic (exact) mass is 501 g/mol. The summed E-state index contributed by atoms with van der Waals surface area (Å²) in [6, 6.07) is 4.14. The van der Waals surface area contributed by atoms with Gasteiger partial charge in [0.25, 0.3) is 0 Å². The Labute approximate surface area is 214 Å². The molecule has 2 saturated heterocycles. The summed E-state index contributed by atoms with van der Waals surface area (Å²) in [4.78, 5) is 23.4. The van der Waals surface area contributed by atoms with Crippen LogP contribution in [0.4, 0.5) is 17.3 Å². The minimum absolute atomic E-state index is 0.0781. The van der Waals surface area contributed by atoms with Crippen LogP contribution in [0.5, 0.6) is 0 Å². The standard InChI is InChI=1S/C25H31N11O/c1-14-5-8-36(17-4-3-16(30-19(14)17)22-28-13-29-32-22)24-20-23(33-34-24)31-18(11-27-20)35-9-6-25(7-10-35)12-37-15(2)21(25)26/h3-4,11,13-15,21H,5-10,12,26H2,1-2H3,(H,28,29,32)(H,31,33,34)/t14-,15+,21-/m1/s1. The summed E-state index contributed by atoms with van der Waals surface area (Å²) < 4.78 is 5.87. The highest BCUT2D eigenvalue weighted by Gasteiger charge is 2.47. The molecule has 3 aliphatic rings. The number of rotatable bonds is 3. The molecule has 37 heavy (non-hydrogen) atoms. The van der Waals surface area contributed by atoms with Crippen LogP contribution < -0.4 is 15.5 Å². The van der Waals surface area contributed by atoms with Crippen molar-refractivity contribution in [1.82, 2.24) is 40.3 Å². The van der Waals surface area contributed by atoms with E-state index in [1.165, 1.54) is 6.33 Å². The lowest BCUT2D eigenvalue weighted by Crippen LogP contribution is -2.50. The van der Waals surface area contributed by atoms with Gasteiger partial charge in [0.1, 0.15) is 17.8 Å². The highest BCUT2D eigenvalue weighted by molar-refractivity contribution is 5.88. The maximum absolute atomic E-state index is 6.49. The largest absolute Gasteiger partial charge is 0.376 e. The van der Waals surface area contributed by atoms with E-state index in [-0.39, 0.29) is 17.6 Å². The molecule has 0 aliphatic carbocycles. The van der Waals surface area contributed by atoms with Crippen molar-refractivity contribution < 1.29 is 4.74 Å². The van der Waals surface area contributed by atoms with Crippen LogP contribution in [0.2, 0.25) is 0 Å². The third-order valence-corrected chi connectivity index (χ3v) is 8.53. The normalized spacial score (nSPS) is 25.2. The number of H-pyrrole nitrogens is 2. The summed E-state index contributed by atoms with van der Waals surface area (Å²) in [5, 5.41) is 14.6. The Morgan fingerprint density at radius 2 is 1.95 bits per heavy atom. The Bertz CT molecular complexity index is 1430. The first-order valence-corrected chi connectivity index (χ1v) is 13.0. The molecule has 7 rings (SSSR count). The van der Waals surface area contributed by atoms with Gasteiger partial charge in [0, 0.05) is 37.0 Å². The third kappa shape index (κ3) is 3.57. The molecule has 3 atom stereocenters. The number of ether oxygens (including phenoxy) is 1. The number of piperidine rings is 1. The lowest BCUT2D eigenvalue weighted by atomic mass is 9.73. The van der Waals surface area contributed by atoms with E-state index < -0.39 is 0 Å². The zero-order valence-corrected chi connectivity index (χ0v) is 21.1. The molecule has 2 fully saturated rings. The van der Waals surface area contributed by atoms with Crippen LogP contribution in [0.3, 0.4) is 0 Å². The van der Waals surface area contributed by atoms with Crippen molar-refractivity contribution in [2.45, 2.75) is 51.2 Å². The molecular formula is C25H31N11O. The van der Waals surface area contributed by atoms with Gasteiger partial charge in [0.15, 0.2) is 22.8 Å². The Kier molecular flexibility index (Phi) is 5.15. The summed E-state index contributed by atoms with van der Waals surface area (Å²) in [6.07, 6.45) is 6.44. The summed E-state index contributed by atoms with van der Waals surface area (Å²) in [5.74, 6) is 2.62. The van der Waals surface area contributed by atoms with E-state index in [9.17, 15) is 0 Å². The molecular weight excluding hydrogens is 470 g/mol. The fourth-order valence-electron chi connectivity index (χ4n) is 6.09. The number of nitrogens with zero attached hydrogens (tertiary/aromatic N) is 8. The SMILES string of the molecule is C[C@@H]1CCN(c2n[nH]c3nc(N4CCC5(CC4)CO[C@@H](C)[C@H]5N)cnc23)c2ccc(-c3ncn[nH]3)nc21. The molecule has 4 aromatic heterocycles. The quantitative estimate of drug-likeness (QED) is 0.382. The van der Waals surface area contributed by atoms with Gasteiger partial charge in [-0.05, 0) is 38.3 Å². The number of aromatic nitrogens is 8. The first-order chi connectivity index (χ1) is 18.0. The van der Waals surface area contributed by atoms with Gasteiger partial charge in [0.2, 0.25) is 0 Å². The fraction of sp³-hybridized carbons (Fsp3) is 0.520. The molecule has 0 saturated carbocycles. The van der Waals surface area contributed by atoms with Gasteiger partial charge < -0.3 is 20.3 Å². The van der Waals surface area contributed by atoms with Crippen LogP contribution in [0, 0.1) is 5.41 Å². The molecule has 0 bridgehead atoms. The average Bonchev–Trinajstić information content (AvgIpc) is 3.67. The maximum atomic E-state index is 6.49. The summed E-state index contributed by atoms with van der Waals surface area (Å²) in [7, 11) is 0. The number of hydrogen-bond acceptors (Lipinski definition) is 10. The Balaban J connectivity index is 1.15. The zero-order chi connectivity index (χ0) is 25.1. The molecule has 0 radical (unpaired) electrons. The van der Waals surface area contributed by atoms with Gasteiger partial charge in [-0.1, -0.05) is 6.92 Å². The van der Waals surface area contributed by atoms with Crippen molar-refractivity contribution in [2.75, 3.05) is 36.0 Å². The van der Waals surface area contributed by atoms with Gasteiger partial charge >= 0.3 is 0 Å². The molecule has 12 nitrogen and oxygen atoms in total. The number of fused-ring (bicyclic) bond motifs is 2.